The summed E-state index contributed by atoms with van der Waals surface area (Å²) in [5.41, 5.74) is 2.31. The lowest BCUT2D eigenvalue weighted by Crippen LogP contribution is -2.18. The largest absolute Gasteiger partial charge is 0.306 e. The van der Waals surface area contributed by atoms with E-state index in [1.807, 2.05) is 24.4 Å². The molecule has 1 atom stereocenters. The summed E-state index contributed by atoms with van der Waals surface area (Å²) in [6.07, 6.45) is 3.67. The number of nitrogens with zero attached hydrogens (tertiary/aromatic N) is 1. The van der Waals surface area contributed by atoms with Gasteiger partial charge in [-0.15, -0.1) is 0 Å². The highest BCUT2D eigenvalue weighted by Gasteiger charge is 2.05. The van der Waals surface area contributed by atoms with Crippen molar-refractivity contribution >= 4 is 10.8 Å². The zero-order chi connectivity index (χ0) is 14.7. The fraction of sp³-hybridized carbons (Fsp3) is 0.167. The first-order valence-corrected chi connectivity index (χ1v) is 7.04. The molecule has 3 heteroatoms. The zero-order valence-electron chi connectivity index (χ0n) is 11.9. The van der Waals surface area contributed by atoms with Gasteiger partial charge in [-0.25, -0.2) is 4.39 Å². The summed E-state index contributed by atoms with van der Waals surface area (Å²) in [4.78, 5) is 4.12. The molecule has 0 saturated carbocycles. The molecular formula is C18H17FN2. The minimum absolute atomic E-state index is 0.179. The Morgan fingerprint density at radius 1 is 1.05 bits per heavy atom. The average Bonchev–Trinajstić information content (AvgIpc) is 2.53. The van der Waals surface area contributed by atoms with Crippen molar-refractivity contribution in [3.8, 4) is 0 Å². The quantitative estimate of drug-likeness (QED) is 0.773. The lowest BCUT2D eigenvalue weighted by Gasteiger charge is -2.14. The summed E-state index contributed by atoms with van der Waals surface area (Å²) < 4.78 is 12.9. The number of aromatic nitrogens is 1. The van der Waals surface area contributed by atoms with Crippen molar-refractivity contribution in [2.75, 3.05) is 0 Å². The summed E-state index contributed by atoms with van der Waals surface area (Å²) in [7, 11) is 0. The van der Waals surface area contributed by atoms with Gasteiger partial charge in [-0.05, 0) is 47.7 Å². The first-order chi connectivity index (χ1) is 10.2. The molecule has 106 valence electrons. The lowest BCUT2D eigenvalue weighted by molar-refractivity contribution is 0.571. The van der Waals surface area contributed by atoms with Gasteiger partial charge in [0.05, 0.1) is 0 Å². The molecule has 0 amide bonds. The van der Waals surface area contributed by atoms with Crippen molar-refractivity contribution in [2.45, 2.75) is 19.5 Å². The molecule has 0 aliphatic carbocycles. The third kappa shape index (κ3) is 3.26. The van der Waals surface area contributed by atoms with Gasteiger partial charge in [0.2, 0.25) is 0 Å². The molecule has 1 N–H and O–H groups in total. The van der Waals surface area contributed by atoms with Gasteiger partial charge in [0.25, 0.3) is 0 Å². The van der Waals surface area contributed by atoms with Crippen LogP contribution in [0.3, 0.4) is 0 Å². The third-order valence-electron chi connectivity index (χ3n) is 3.69. The van der Waals surface area contributed by atoms with Crippen LogP contribution in [0.4, 0.5) is 4.39 Å². The van der Waals surface area contributed by atoms with Crippen LogP contribution in [0.15, 0.2) is 60.9 Å². The Balaban J connectivity index is 1.69. The molecule has 1 heterocycles. The summed E-state index contributed by atoms with van der Waals surface area (Å²) >= 11 is 0. The molecule has 2 nitrogen and oxygen atoms in total. The van der Waals surface area contributed by atoms with Crippen molar-refractivity contribution in [3.63, 3.8) is 0 Å². The molecule has 0 bridgehead atoms. The molecule has 0 spiro atoms. The lowest BCUT2D eigenvalue weighted by atomic mass is 10.1. The summed E-state index contributed by atoms with van der Waals surface area (Å²) in [5.74, 6) is -0.200. The standard InChI is InChI=1S/C18H17FN2/c1-13(15-4-6-18(19)7-5-15)21-11-14-2-3-17-12-20-9-8-16(17)10-14/h2-10,12-13,21H,11H2,1H3/t13-/m1/s1. The maximum Gasteiger partial charge on any atom is 0.123 e. The molecule has 0 aliphatic rings. The van der Waals surface area contributed by atoms with Gasteiger partial charge in [0.1, 0.15) is 5.82 Å². The van der Waals surface area contributed by atoms with E-state index in [1.54, 1.807) is 6.20 Å². The molecule has 0 radical (unpaired) electrons. The molecule has 3 aromatic rings. The van der Waals surface area contributed by atoms with E-state index in [1.165, 1.54) is 23.1 Å². The Hall–Kier alpha value is -2.26. The van der Waals surface area contributed by atoms with Crippen LogP contribution in [0, 0.1) is 5.82 Å². The number of hydrogen-bond acceptors (Lipinski definition) is 2. The molecule has 0 fully saturated rings. The van der Waals surface area contributed by atoms with Gasteiger partial charge >= 0.3 is 0 Å². The van der Waals surface area contributed by atoms with Crippen molar-refractivity contribution in [1.29, 1.82) is 0 Å². The molecule has 0 saturated heterocycles. The van der Waals surface area contributed by atoms with Gasteiger partial charge in [-0.2, -0.15) is 0 Å². The highest BCUT2D eigenvalue weighted by molar-refractivity contribution is 5.81. The van der Waals surface area contributed by atoms with Crippen molar-refractivity contribution in [2.24, 2.45) is 0 Å². The van der Waals surface area contributed by atoms with Gasteiger partial charge in [0.15, 0.2) is 0 Å². The van der Waals surface area contributed by atoms with E-state index in [0.717, 1.165) is 17.5 Å². The molecule has 21 heavy (non-hydrogen) atoms. The van der Waals surface area contributed by atoms with Crippen molar-refractivity contribution in [3.05, 3.63) is 77.9 Å². The number of rotatable bonds is 4. The van der Waals surface area contributed by atoms with Crippen LogP contribution in [0.5, 0.6) is 0 Å². The fourth-order valence-electron chi connectivity index (χ4n) is 2.38. The predicted molar refractivity (Wildman–Crippen MR) is 83.4 cm³/mol. The summed E-state index contributed by atoms with van der Waals surface area (Å²) in [6, 6.07) is 15.2. The van der Waals surface area contributed by atoms with E-state index in [0.29, 0.717) is 0 Å². The van der Waals surface area contributed by atoms with Crippen LogP contribution >= 0.6 is 0 Å². The second-order valence-corrected chi connectivity index (χ2v) is 5.21. The van der Waals surface area contributed by atoms with E-state index in [2.05, 4.69) is 35.4 Å². The number of hydrogen-bond donors (Lipinski definition) is 1. The van der Waals surface area contributed by atoms with E-state index in [9.17, 15) is 4.39 Å². The minimum atomic E-state index is -0.200. The molecule has 2 aromatic carbocycles. The Morgan fingerprint density at radius 3 is 2.67 bits per heavy atom. The second-order valence-electron chi connectivity index (χ2n) is 5.21. The number of nitrogens with one attached hydrogen (secondary N) is 1. The average molecular weight is 280 g/mol. The number of pyridine rings is 1. The fourth-order valence-corrected chi connectivity index (χ4v) is 2.38. The number of halogens is 1. The van der Waals surface area contributed by atoms with Crippen molar-refractivity contribution in [1.82, 2.24) is 10.3 Å². The van der Waals surface area contributed by atoms with E-state index in [-0.39, 0.29) is 11.9 Å². The Bertz CT molecular complexity index is 738. The first-order valence-electron chi connectivity index (χ1n) is 7.04. The topological polar surface area (TPSA) is 24.9 Å². The Kier molecular flexibility index (Phi) is 3.93. The second kappa shape index (κ2) is 6.02. The third-order valence-corrected chi connectivity index (χ3v) is 3.69. The summed E-state index contributed by atoms with van der Waals surface area (Å²) in [5, 5.41) is 5.80. The summed E-state index contributed by atoms with van der Waals surface area (Å²) in [6.45, 7) is 2.86. The minimum Gasteiger partial charge on any atom is -0.306 e. The molecule has 1 aromatic heterocycles. The van der Waals surface area contributed by atoms with E-state index < -0.39 is 0 Å². The SMILES string of the molecule is C[C@@H](NCc1ccc2cnccc2c1)c1ccc(F)cc1. The highest BCUT2D eigenvalue weighted by Crippen LogP contribution is 2.17. The highest BCUT2D eigenvalue weighted by atomic mass is 19.1. The zero-order valence-corrected chi connectivity index (χ0v) is 11.9. The van der Waals surface area contributed by atoms with Gasteiger partial charge < -0.3 is 5.32 Å². The Morgan fingerprint density at radius 2 is 1.86 bits per heavy atom. The first kappa shape index (κ1) is 13.7. The van der Waals surface area contributed by atoms with Gasteiger partial charge in [-0.3, -0.25) is 4.98 Å². The van der Waals surface area contributed by atoms with E-state index >= 15 is 0 Å². The van der Waals surface area contributed by atoms with Gasteiger partial charge in [-0.1, -0.05) is 24.3 Å². The number of fused-ring (bicyclic) bond motifs is 1. The van der Waals surface area contributed by atoms with Crippen LogP contribution in [0.2, 0.25) is 0 Å². The normalized spacial score (nSPS) is 12.5. The van der Waals surface area contributed by atoms with Gasteiger partial charge in [0, 0.05) is 30.4 Å². The van der Waals surface area contributed by atoms with Crippen molar-refractivity contribution < 1.29 is 4.39 Å². The smallest absolute Gasteiger partial charge is 0.123 e. The van der Waals surface area contributed by atoms with Crippen LogP contribution in [0.1, 0.15) is 24.1 Å². The van der Waals surface area contributed by atoms with Crippen LogP contribution in [-0.4, -0.2) is 4.98 Å². The Labute approximate surface area is 123 Å². The van der Waals surface area contributed by atoms with Crippen LogP contribution in [-0.2, 0) is 6.54 Å². The molecule has 0 aliphatic heterocycles. The molecule has 0 unspecified atom stereocenters. The molecule has 3 rings (SSSR count). The maximum absolute atomic E-state index is 12.9. The van der Waals surface area contributed by atoms with Crippen LogP contribution in [0.25, 0.3) is 10.8 Å². The number of benzene rings is 2. The molecular weight excluding hydrogens is 263 g/mol. The van der Waals surface area contributed by atoms with E-state index in [4.69, 9.17) is 0 Å². The predicted octanol–water partition coefficient (Wildman–Crippen LogP) is 4.22. The van der Waals surface area contributed by atoms with Crippen LogP contribution < -0.4 is 5.32 Å². The maximum atomic E-state index is 12.9. The monoisotopic (exact) mass is 280 g/mol.